The number of hydrazine groups is 1. The minimum absolute atomic E-state index is 0.388. The average Bonchev–Trinajstić information content (AvgIpc) is 3.13. The SMILES string of the molecule is CCCOc1cccc(C(=O)NNC(=O)c2sc(N3CCOCC3)nc2C)c1. The Labute approximate surface area is 167 Å². The summed E-state index contributed by atoms with van der Waals surface area (Å²) in [6.45, 7) is 7.18. The van der Waals surface area contributed by atoms with Gasteiger partial charge in [0.15, 0.2) is 5.13 Å². The van der Waals surface area contributed by atoms with Gasteiger partial charge in [-0.2, -0.15) is 0 Å². The number of rotatable bonds is 6. The summed E-state index contributed by atoms with van der Waals surface area (Å²) in [6.07, 6.45) is 0.882. The van der Waals surface area contributed by atoms with Gasteiger partial charge in [0.25, 0.3) is 11.8 Å². The second kappa shape index (κ2) is 9.52. The lowest BCUT2D eigenvalue weighted by Crippen LogP contribution is -2.41. The molecule has 1 saturated heterocycles. The summed E-state index contributed by atoms with van der Waals surface area (Å²) in [4.78, 5) is 31.9. The lowest BCUT2D eigenvalue weighted by molar-refractivity contribution is 0.0848. The van der Waals surface area contributed by atoms with Crippen LogP contribution in [-0.4, -0.2) is 49.7 Å². The Morgan fingerprint density at radius 2 is 2.00 bits per heavy atom. The molecule has 2 N–H and O–H groups in total. The van der Waals surface area contributed by atoms with Crippen LogP contribution in [0.5, 0.6) is 5.75 Å². The molecule has 0 spiro atoms. The minimum atomic E-state index is -0.411. The summed E-state index contributed by atoms with van der Waals surface area (Å²) in [6, 6.07) is 6.84. The first kappa shape index (κ1) is 20.1. The number of benzene rings is 1. The Morgan fingerprint density at radius 3 is 2.75 bits per heavy atom. The van der Waals surface area contributed by atoms with Crippen LogP contribution in [0, 0.1) is 6.92 Å². The highest BCUT2D eigenvalue weighted by atomic mass is 32.1. The van der Waals surface area contributed by atoms with Crippen LogP contribution in [0.2, 0.25) is 0 Å². The number of carbonyl (C=O) groups is 2. The number of aromatic nitrogens is 1. The van der Waals surface area contributed by atoms with Crippen molar-refractivity contribution < 1.29 is 19.1 Å². The van der Waals surface area contributed by atoms with Crippen molar-refractivity contribution in [1.82, 2.24) is 15.8 Å². The number of nitrogens with zero attached hydrogens (tertiary/aromatic N) is 2. The fourth-order valence-electron chi connectivity index (χ4n) is 2.67. The third kappa shape index (κ3) is 4.99. The van der Waals surface area contributed by atoms with E-state index in [1.165, 1.54) is 11.3 Å². The highest BCUT2D eigenvalue weighted by Gasteiger charge is 2.21. The molecule has 0 unspecified atom stereocenters. The van der Waals surface area contributed by atoms with E-state index in [4.69, 9.17) is 9.47 Å². The molecular formula is C19H24N4O4S. The van der Waals surface area contributed by atoms with Crippen molar-refractivity contribution in [3.63, 3.8) is 0 Å². The van der Waals surface area contributed by atoms with E-state index >= 15 is 0 Å². The van der Waals surface area contributed by atoms with Crippen LogP contribution in [0.1, 0.15) is 39.1 Å². The summed E-state index contributed by atoms with van der Waals surface area (Å²) in [5.74, 6) is -0.179. The Balaban J connectivity index is 1.59. The van der Waals surface area contributed by atoms with Crippen molar-refractivity contribution in [1.29, 1.82) is 0 Å². The zero-order valence-corrected chi connectivity index (χ0v) is 16.8. The van der Waals surface area contributed by atoms with Crippen LogP contribution in [0.25, 0.3) is 0 Å². The number of ether oxygens (including phenoxy) is 2. The first-order valence-electron chi connectivity index (χ1n) is 9.22. The van der Waals surface area contributed by atoms with Crippen molar-refractivity contribution in [3.8, 4) is 5.75 Å². The fraction of sp³-hybridized carbons (Fsp3) is 0.421. The molecule has 0 aliphatic carbocycles. The van der Waals surface area contributed by atoms with Crippen molar-refractivity contribution in [2.45, 2.75) is 20.3 Å². The van der Waals surface area contributed by atoms with Crippen LogP contribution in [-0.2, 0) is 4.74 Å². The fourth-order valence-corrected chi connectivity index (χ4v) is 3.69. The molecule has 0 radical (unpaired) electrons. The van der Waals surface area contributed by atoms with Crippen molar-refractivity contribution in [2.24, 2.45) is 0 Å². The van der Waals surface area contributed by atoms with E-state index in [0.29, 0.717) is 41.7 Å². The molecule has 1 aromatic heterocycles. The molecule has 1 fully saturated rings. The highest BCUT2D eigenvalue weighted by molar-refractivity contribution is 7.17. The van der Waals surface area contributed by atoms with Gasteiger partial charge in [-0.05, 0) is 31.5 Å². The number of amides is 2. The van der Waals surface area contributed by atoms with Crippen LogP contribution in [0.4, 0.5) is 5.13 Å². The van der Waals surface area contributed by atoms with Gasteiger partial charge in [0.05, 0.1) is 25.5 Å². The minimum Gasteiger partial charge on any atom is -0.494 e. The summed E-state index contributed by atoms with van der Waals surface area (Å²) < 4.78 is 10.9. The van der Waals surface area contributed by atoms with Gasteiger partial charge in [0.2, 0.25) is 0 Å². The van der Waals surface area contributed by atoms with Crippen LogP contribution in [0.15, 0.2) is 24.3 Å². The van der Waals surface area contributed by atoms with Gasteiger partial charge in [-0.25, -0.2) is 4.98 Å². The van der Waals surface area contributed by atoms with Gasteiger partial charge in [0.1, 0.15) is 10.6 Å². The lowest BCUT2D eigenvalue weighted by Gasteiger charge is -2.25. The molecule has 8 nitrogen and oxygen atoms in total. The number of carbonyl (C=O) groups excluding carboxylic acids is 2. The van der Waals surface area contributed by atoms with E-state index in [-0.39, 0.29) is 5.91 Å². The van der Waals surface area contributed by atoms with E-state index in [9.17, 15) is 9.59 Å². The molecule has 28 heavy (non-hydrogen) atoms. The Hall–Kier alpha value is -2.65. The monoisotopic (exact) mass is 404 g/mol. The van der Waals surface area contributed by atoms with E-state index in [1.807, 2.05) is 6.92 Å². The number of hydrogen-bond donors (Lipinski definition) is 2. The molecule has 1 aromatic carbocycles. The first-order valence-corrected chi connectivity index (χ1v) is 10.0. The predicted octanol–water partition coefficient (Wildman–Crippen LogP) is 2.15. The van der Waals surface area contributed by atoms with Crippen molar-refractivity contribution in [3.05, 3.63) is 40.4 Å². The van der Waals surface area contributed by atoms with Crippen LogP contribution >= 0.6 is 11.3 Å². The second-order valence-electron chi connectivity index (χ2n) is 6.29. The molecule has 2 aromatic rings. The summed E-state index contributed by atoms with van der Waals surface area (Å²) in [5.41, 5.74) is 5.95. The second-order valence-corrected chi connectivity index (χ2v) is 7.27. The largest absolute Gasteiger partial charge is 0.494 e. The van der Waals surface area contributed by atoms with E-state index in [0.717, 1.165) is 24.6 Å². The average molecular weight is 404 g/mol. The topological polar surface area (TPSA) is 92.8 Å². The Bertz CT molecular complexity index is 833. The third-order valence-electron chi connectivity index (χ3n) is 4.13. The van der Waals surface area contributed by atoms with Crippen LogP contribution in [0.3, 0.4) is 0 Å². The van der Waals surface area contributed by atoms with E-state index < -0.39 is 5.91 Å². The summed E-state index contributed by atoms with van der Waals surface area (Å²) in [5, 5.41) is 0.790. The van der Waals surface area contributed by atoms with Gasteiger partial charge >= 0.3 is 0 Å². The molecule has 9 heteroatoms. The molecule has 0 bridgehead atoms. The number of hydrogen-bond acceptors (Lipinski definition) is 7. The molecule has 0 saturated carbocycles. The number of anilines is 1. The van der Waals surface area contributed by atoms with Crippen molar-refractivity contribution >= 4 is 28.3 Å². The Morgan fingerprint density at radius 1 is 1.25 bits per heavy atom. The highest BCUT2D eigenvalue weighted by Crippen LogP contribution is 2.26. The molecule has 2 amide bonds. The van der Waals surface area contributed by atoms with Gasteiger partial charge in [-0.15, -0.1) is 0 Å². The third-order valence-corrected chi connectivity index (χ3v) is 5.35. The molecule has 2 heterocycles. The summed E-state index contributed by atoms with van der Waals surface area (Å²) >= 11 is 1.31. The molecule has 0 atom stereocenters. The maximum atomic E-state index is 12.5. The lowest BCUT2D eigenvalue weighted by atomic mass is 10.2. The summed E-state index contributed by atoms with van der Waals surface area (Å²) in [7, 11) is 0. The van der Waals surface area contributed by atoms with E-state index in [1.54, 1.807) is 31.2 Å². The van der Waals surface area contributed by atoms with Gasteiger partial charge in [0, 0.05) is 18.7 Å². The van der Waals surface area contributed by atoms with E-state index in [2.05, 4.69) is 20.7 Å². The number of morpholine rings is 1. The molecule has 1 aliphatic heterocycles. The maximum absolute atomic E-state index is 12.5. The number of nitrogens with one attached hydrogen (secondary N) is 2. The number of aryl methyl sites for hydroxylation is 1. The van der Waals surface area contributed by atoms with Gasteiger partial charge in [-0.1, -0.05) is 24.3 Å². The van der Waals surface area contributed by atoms with Gasteiger partial charge in [-0.3, -0.25) is 20.4 Å². The standard InChI is InChI=1S/C19H24N4O4S/c1-3-9-27-15-6-4-5-14(12-15)17(24)21-22-18(25)16-13(2)20-19(28-16)23-7-10-26-11-8-23/h4-6,12H,3,7-11H2,1-2H3,(H,21,24)(H,22,25). The van der Waals surface area contributed by atoms with Crippen molar-refractivity contribution in [2.75, 3.05) is 37.8 Å². The molecule has 150 valence electrons. The normalized spacial score (nSPS) is 13.9. The molecular weight excluding hydrogens is 380 g/mol. The Kier molecular flexibility index (Phi) is 6.83. The first-order chi connectivity index (χ1) is 13.6. The quantitative estimate of drug-likeness (QED) is 0.717. The van der Waals surface area contributed by atoms with Crippen LogP contribution < -0.4 is 20.5 Å². The zero-order valence-electron chi connectivity index (χ0n) is 16.0. The predicted molar refractivity (Wildman–Crippen MR) is 107 cm³/mol. The number of thiazole rings is 1. The zero-order chi connectivity index (χ0) is 19.9. The molecule has 3 rings (SSSR count). The molecule has 1 aliphatic rings. The maximum Gasteiger partial charge on any atom is 0.281 e. The smallest absolute Gasteiger partial charge is 0.281 e. The van der Waals surface area contributed by atoms with Gasteiger partial charge < -0.3 is 14.4 Å².